The van der Waals surface area contributed by atoms with Crippen LogP contribution in [0.4, 0.5) is 10.1 Å². The highest BCUT2D eigenvalue weighted by molar-refractivity contribution is 9.08. The van der Waals surface area contributed by atoms with Crippen molar-refractivity contribution >= 4 is 43.2 Å². The summed E-state index contributed by atoms with van der Waals surface area (Å²) in [4.78, 5) is -0.185. The molecule has 0 bridgehead atoms. The summed E-state index contributed by atoms with van der Waals surface area (Å²) in [6.07, 6.45) is 1.22. The van der Waals surface area contributed by atoms with Crippen molar-refractivity contribution in [2.75, 3.05) is 18.4 Å². The molecule has 5 nitrogen and oxygen atoms in total. The maximum Gasteiger partial charge on any atom is 0.265 e. The number of methoxy groups -OCH3 is 1. The monoisotopic (exact) mass is 541 g/mol. The largest absolute Gasteiger partial charge is 0.494 e. The maximum absolute atomic E-state index is 14.6. The molecule has 32 heavy (non-hydrogen) atoms. The minimum Gasteiger partial charge on any atom is -0.494 e. The Morgan fingerprint density at radius 1 is 1.16 bits per heavy atom. The Morgan fingerprint density at radius 3 is 2.59 bits per heavy atom. The van der Waals surface area contributed by atoms with E-state index in [1.165, 1.54) is 25.3 Å². The van der Waals surface area contributed by atoms with E-state index in [1.807, 2.05) is 24.3 Å². The minimum atomic E-state index is -4.21. The van der Waals surface area contributed by atoms with Gasteiger partial charge in [0.15, 0.2) is 5.75 Å². The summed E-state index contributed by atoms with van der Waals surface area (Å²) in [6.45, 7) is 0.0562. The van der Waals surface area contributed by atoms with Crippen LogP contribution in [0.5, 0.6) is 5.75 Å². The van der Waals surface area contributed by atoms with Gasteiger partial charge >= 0.3 is 0 Å². The number of rotatable bonds is 9. The molecular weight excluding hydrogens is 521 g/mol. The highest BCUT2D eigenvalue weighted by Gasteiger charge is 2.24. The van der Waals surface area contributed by atoms with E-state index in [9.17, 15) is 12.8 Å². The Labute approximate surface area is 200 Å². The van der Waals surface area contributed by atoms with Gasteiger partial charge in [-0.3, -0.25) is 4.72 Å². The summed E-state index contributed by atoms with van der Waals surface area (Å²) in [5, 5.41) is 9.67. The standard InChI is InChI=1S/C23H22BrClFNO4S/c1-31-23-19(25)11-15(14-24)12-22(23)32(29,30)27-21-13-17(8-9-20(21)26)18-7-3-2-5-16(18)6-4-10-28/h2-3,5,7-9,11-13,27-28H,4,6,10,14H2,1H3. The van der Waals surface area contributed by atoms with Gasteiger partial charge in [0.2, 0.25) is 0 Å². The second-order valence-electron chi connectivity index (χ2n) is 7.03. The Balaban J connectivity index is 2.04. The molecule has 0 aliphatic carbocycles. The molecule has 3 rings (SSSR count). The zero-order valence-electron chi connectivity index (χ0n) is 17.2. The fourth-order valence-electron chi connectivity index (χ4n) is 3.36. The third kappa shape index (κ3) is 5.43. The number of aliphatic hydroxyl groups is 1. The molecule has 3 aromatic carbocycles. The Morgan fingerprint density at radius 2 is 1.91 bits per heavy atom. The number of nitrogens with one attached hydrogen (secondary N) is 1. The van der Waals surface area contributed by atoms with Crippen molar-refractivity contribution < 1.29 is 22.7 Å². The first kappa shape index (κ1) is 24.5. The molecule has 170 valence electrons. The number of halogens is 3. The van der Waals surface area contributed by atoms with Crippen molar-refractivity contribution in [1.29, 1.82) is 0 Å². The number of anilines is 1. The molecule has 0 aromatic heterocycles. The maximum atomic E-state index is 14.6. The van der Waals surface area contributed by atoms with Crippen LogP contribution in [-0.4, -0.2) is 27.2 Å². The van der Waals surface area contributed by atoms with Crippen LogP contribution in [-0.2, 0) is 21.8 Å². The molecule has 0 radical (unpaired) electrons. The smallest absolute Gasteiger partial charge is 0.265 e. The van der Waals surface area contributed by atoms with Gasteiger partial charge in [-0.2, -0.15) is 0 Å². The first-order valence-electron chi connectivity index (χ1n) is 9.74. The average molecular weight is 543 g/mol. The number of hydrogen-bond acceptors (Lipinski definition) is 4. The van der Waals surface area contributed by atoms with E-state index in [0.29, 0.717) is 29.3 Å². The van der Waals surface area contributed by atoms with Gasteiger partial charge in [0.25, 0.3) is 10.0 Å². The molecule has 0 fully saturated rings. The van der Waals surface area contributed by atoms with Crippen molar-refractivity contribution in [2.24, 2.45) is 0 Å². The Bertz CT molecular complexity index is 1220. The molecular formula is C23H22BrClFNO4S. The van der Waals surface area contributed by atoms with Crippen molar-refractivity contribution in [3.8, 4) is 16.9 Å². The molecule has 0 aliphatic heterocycles. The van der Waals surface area contributed by atoms with Crippen LogP contribution in [0.3, 0.4) is 0 Å². The number of ether oxygens (including phenoxy) is 1. The van der Waals surface area contributed by atoms with E-state index < -0.39 is 15.8 Å². The molecule has 9 heteroatoms. The van der Waals surface area contributed by atoms with Gasteiger partial charge in [-0.05, 0) is 59.4 Å². The normalized spacial score (nSPS) is 11.4. The molecule has 0 saturated heterocycles. The van der Waals surface area contributed by atoms with Gasteiger partial charge < -0.3 is 9.84 Å². The van der Waals surface area contributed by atoms with Crippen LogP contribution in [0.15, 0.2) is 59.5 Å². The zero-order valence-corrected chi connectivity index (χ0v) is 20.4. The lowest BCUT2D eigenvalue weighted by Crippen LogP contribution is -2.15. The molecule has 0 aliphatic rings. The van der Waals surface area contributed by atoms with Crippen LogP contribution >= 0.6 is 27.5 Å². The summed E-state index contributed by atoms with van der Waals surface area (Å²) in [6, 6.07) is 14.8. The number of aryl methyl sites for hydroxylation is 1. The Hall–Kier alpha value is -2.13. The predicted molar refractivity (Wildman–Crippen MR) is 129 cm³/mol. The summed E-state index contributed by atoms with van der Waals surface area (Å²) < 4.78 is 48.4. The quantitative estimate of drug-likeness (QED) is 0.336. The highest BCUT2D eigenvalue weighted by atomic mass is 79.9. The summed E-state index contributed by atoms with van der Waals surface area (Å²) >= 11 is 9.48. The predicted octanol–water partition coefficient (Wildman–Crippen LogP) is 5.78. The van der Waals surface area contributed by atoms with Crippen LogP contribution in [0.1, 0.15) is 17.5 Å². The number of aliphatic hydroxyl groups excluding tert-OH is 1. The lowest BCUT2D eigenvalue weighted by Gasteiger charge is -2.16. The average Bonchev–Trinajstić information content (AvgIpc) is 2.78. The molecule has 0 amide bonds. The lowest BCUT2D eigenvalue weighted by atomic mass is 9.96. The fraction of sp³-hybridized carbons (Fsp3) is 0.217. The topological polar surface area (TPSA) is 75.6 Å². The molecule has 0 saturated carbocycles. The van der Waals surface area contributed by atoms with Crippen LogP contribution in [0.25, 0.3) is 11.1 Å². The Kier molecular flexibility index (Phi) is 8.16. The van der Waals surface area contributed by atoms with E-state index in [4.69, 9.17) is 21.4 Å². The van der Waals surface area contributed by atoms with E-state index in [2.05, 4.69) is 20.7 Å². The molecule has 0 atom stereocenters. The summed E-state index contributed by atoms with van der Waals surface area (Å²) in [7, 11) is -2.89. The number of benzene rings is 3. The minimum absolute atomic E-state index is 0.0187. The molecule has 0 unspecified atom stereocenters. The SMILES string of the molecule is COc1c(Cl)cc(CBr)cc1S(=O)(=O)Nc1cc(-c2ccccc2CCCO)ccc1F. The first-order chi connectivity index (χ1) is 15.3. The third-order valence-electron chi connectivity index (χ3n) is 4.86. The van der Waals surface area contributed by atoms with Gasteiger partial charge in [-0.1, -0.05) is 57.9 Å². The first-order valence-corrected chi connectivity index (χ1v) is 12.7. The van der Waals surface area contributed by atoms with Gasteiger partial charge in [-0.25, -0.2) is 12.8 Å². The van der Waals surface area contributed by atoms with Gasteiger partial charge in [0.05, 0.1) is 17.8 Å². The lowest BCUT2D eigenvalue weighted by molar-refractivity contribution is 0.288. The van der Waals surface area contributed by atoms with Crippen molar-refractivity contribution in [1.82, 2.24) is 0 Å². The van der Waals surface area contributed by atoms with E-state index in [-0.39, 0.29) is 28.0 Å². The number of hydrogen-bond donors (Lipinski definition) is 2. The van der Waals surface area contributed by atoms with Gasteiger partial charge in [-0.15, -0.1) is 0 Å². The molecule has 0 spiro atoms. The molecule has 3 aromatic rings. The third-order valence-corrected chi connectivity index (χ3v) is 7.16. The second-order valence-corrected chi connectivity index (χ2v) is 9.65. The summed E-state index contributed by atoms with van der Waals surface area (Å²) in [5.41, 5.74) is 2.89. The zero-order chi connectivity index (χ0) is 23.3. The van der Waals surface area contributed by atoms with Crippen molar-refractivity contribution in [3.05, 3.63) is 76.6 Å². The van der Waals surface area contributed by atoms with Crippen molar-refractivity contribution in [3.63, 3.8) is 0 Å². The van der Waals surface area contributed by atoms with E-state index in [1.54, 1.807) is 12.1 Å². The van der Waals surface area contributed by atoms with E-state index >= 15 is 0 Å². The van der Waals surface area contributed by atoms with Crippen LogP contribution < -0.4 is 9.46 Å². The second kappa shape index (κ2) is 10.7. The van der Waals surface area contributed by atoms with E-state index in [0.717, 1.165) is 11.1 Å². The van der Waals surface area contributed by atoms with Crippen molar-refractivity contribution in [2.45, 2.75) is 23.1 Å². The summed E-state index contributed by atoms with van der Waals surface area (Å²) in [5.74, 6) is -0.735. The number of sulfonamides is 1. The van der Waals surface area contributed by atoms with Crippen LogP contribution in [0, 0.1) is 5.82 Å². The van der Waals surface area contributed by atoms with Crippen LogP contribution in [0.2, 0.25) is 5.02 Å². The molecule has 2 N–H and O–H groups in total. The number of alkyl halides is 1. The highest BCUT2D eigenvalue weighted by Crippen LogP contribution is 2.36. The van der Waals surface area contributed by atoms with Gasteiger partial charge in [0.1, 0.15) is 10.7 Å². The fourth-order valence-corrected chi connectivity index (χ4v) is 5.36. The van der Waals surface area contributed by atoms with Gasteiger partial charge in [0, 0.05) is 11.9 Å². The molecule has 0 heterocycles.